The summed E-state index contributed by atoms with van der Waals surface area (Å²) in [5, 5.41) is 9.89. The number of ether oxygens (including phenoxy) is 1. The van der Waals surface area contributed by atoms with Gasteiger partial charge in [0.05, 0.1) is 24.2 Å². The van der Waals surface area contributed by atoms with E-state index < -0.39 is 6.09 Å². The molecule has 0 atom stereocenters. The highest BCUT2D eigenvalue weighted by molar-refractivity contribution is 7.07. The number of rotatable bonds is 4. The average molecular weight is 474 g/mol. The minimum absolute atomic E-state index is 0.0629. The van der Waals surface area contributed by atoms with Gasteiger partial charge in [-0.15, -0.1) is 5.10 Å². The molecule has 2 saturated heterocycles. The summed E-state index contributed by atoms with van der Waals surface area (Å²) in [4.78, 5) is 43.9. The lowest BCUT2D eigenvalue weighted by Gasteiger charge is -2.37. The molecule has 2 aliphatic rings. The lowest BCUT2D eigenvalue weighted by Crippen LogP contribution is -2.49. The molecular weight excluding hydrogens is 446 g/mol. The second kappa shape index (κ2) is 10.1. The number of piperazine rings is 2. The van der Waals surface area contributed by atoms with Crippen LogP contribution >= 0.6 is 11.5 Å². The molecular formula is C21H27N7O4S. The minimum atomic E-state index is -0.606. The van der Waals surface area contributed by atoms with Crippen LogP contribution < -0.4 is 15.5 Å². The van der Waals surface area contributed by atoms with Gasteiger partial charge in [-0.25, -0.2) is 4.79 Å². The van der Waals surface area contributed by atoms with Crippen molar-refractivity contribution in [3.63, 3.8) is 0 Å². The minimum Gasteiger partial charge on any atom is -0.453 e. The van der Waals surface area contributed by atoms with Crippen molar-refractivity contribution in [3.05, 3.63) is 34.3 Å². The van der Waals surface area contributed by atoms with Gasteiger partial charge in [-0.05, 0) is 36.7 Å². The molecule has 11 nitrogen and oxygen atoms in total. The van der Waals surface area contributed by atoms with Crippen molar-refractivity contribution in [2.24, 2.45) is 0 Å². The first-order chi connectivity index (χ1) is 16.0. The average Bonchev–Trinajstić information content (AvgIpc) is 3.29. The molecule has 12 heteroatoms. The van der Waals surface area contributed by atoms with Gasteiger partial charge in [0, 0.05) is 57.9 Å². The van der Waals surface area contributed by atoms with Gasteiger partial charge in [0.1, 0.15) is 4.88 Å². The van der Waals surface area contributed by atoms with Crippen molar-refractivity contribution in [2.75, 3.05) is 69.7 Å². The summed E-state index contributed by atoms with van der Waals surface area (Å²) in [7, 11) is 1.30. The SMILES string of the molecule is COC(=O)Nc1cc(C(=O)N2CCNCC2)ccc1N1CCN(C(=O)c2snnc2C)CC1. The maximum absolute atomic E-state index is 12.9. The number of amides is 3. The van der Waals surface area contributed by atoms with E-state index in [0.717, 1.165) is 30.3 Å². The molecule has 0 unspecified atom stereocenters. The van der Waals surface area contributed by atoms with Crippen LogP contribution in [0.15, 0.2) is 18.2 Å². The largest absolute Gasteiger partial charge is 0.453 e. The van der Waals surface area contributed by atoms with Crippen LogP contribution in [0, 0.1) is 6.92 Å². The third kappa shape index (κ3) is 5.06. The van der Waals surface area contributed by atoms with Gasteiger partial charge in [-0.1, -0.05) is 4.49 Å². The maximum atomic E-state index is 12.9. The second-order valence-electron chi connectivity index (χ2n) is 7.86. The van der Waals surface area contributed by atoms with Crippen LogP contribution in [-0.2, 0) is 4.74 Å². The molecule has 0 radical (unpaired) electrons. The van der Waals surface area contributed by atoms with E-state index in [-0.39, 0.29) is 11.8 Å². The Morgan fingerprint density at radius 1 is 1.03 bits per heavy atom. The van der Waals surface area contributed by atoms with E-state index in [1.165, 1.54) is 7.11 Å². The van der Waals surface area contributed by atoms with Crippen molar-refractivity contribution in [1.82, 2.24) is 24.7 Å². The normalized spacial score (nSPS) is 16.5. The van der Waals surface area contributed by atoms with E-state index in [1.54, 1.807) is 28.9 Å². The Hall–Kier alpha value is -3.25. The number of benzene rings is 1. The Morgan fingerprint density at radius 2 is 1.73 bits per heavy atom. The summed E-state index contributed by atoms with van der Waals surface area (Å²) in [6.45, 7) is 6.80. The fourth-order valence-corrected chi connectivity index (χ4v) is 4.60. The topological polar surface area (TPSA) is 120 Å². The molecule has 2 aromatic rings. The fourth-order valence-electron chi connectivity index (χ4n) is 3.98. The van der Waals surface area contributed by atoms with E-state index in [9.17, 15) is 14.4 Å². The van der Waals surface area contributed by atoms with Gasteiger partial charge in [0.25, 0.3) is 11.8 Å². The highest BCUT2D eigenvalue weighted by Crippen LogP contribution is 2.29. The van der Waals surface area contributed by atoms with Crippen LogP contribution in [-0.4, -0.2) is 96.8 Å². The Bertz CT molecular complexity index is 1030. The van der Waals surface area contributed by atoms with Crippen molar-refractivity contribution >= 4 is 40.8 Å². The van der Waals surface area contributed by atoms with Crippen molar-refractivity contribution < 1.29 is 19.1 Å². The van der Waals surface area contributed by atoms with Crippen molar-refractivity contribution in [3.8, 4) is 0 Å². The Balaban J connectivity index is 1.50. The molecule has 1 aromatic carbocycles. The molecule has 2 fully saturated rings. The Labute approximate surface area is 195 Å². The van der Waals surface area contributed by atoms with Gasteiger partial charge in [0.2, 0.25) is 0 Å². The summed E-state index contributed by atoms with van der Waals surface area (Å²) >= 11 is 1.11. The lowest BCUT2D eigenvalue weighted by molar-refractivity contribution is 0.0732. The molecule has 0 saturated carbocycles. The molecule has 3 heterocycles. The van der Waals surface area contributed by atoms with E-state index in [0.29, 0.717) is 61.1 Å². The monoisotopic (exact) mass is 473 g/mol. The highest BCUT2D eigenvalue weighted by atomic mass is 32.1. The number of nitrogens with zero attached hydrogens (tertiary/aromatic N) is 5. The zero-order valence-corrected chi connectivity index (χ0v) is 19.5. The first-order valence-electron chi connectivity index (χ1n) is 10.8. The zero-order valence-electron chi connectivity index (χ0n) is 18.7. The number of aromatic nitrogens is 2. The van der Waals surface area contributed by atoms with E-state index in [4.69, 9.17) is 4.74 Å². The number of anilines is 2. The number of carbonyl (C=O) groups excluding carboxylic acids is 3. The molecule has 0 spiro atoms. The summed E-state index contributed by atoms with van der Waals surface area (Å²) in [5.74, 6) is -0.132. The van der Waals surface area contributed by atoms with Gasteiger partial charge in [0.15, 0.2) is 0 Å². The van der Waals surface area contributed by atoms with Gasteiger partial charge >= 0.3 is 6.09 Å². The summed E-state index contributed by atoms with van der Waals surface area (Å²) in [6, 6.07) is 5.32. The van der Waals surface area contributed by atoms with Crippen molar-refractivity contribution in [2.45, 2.75) is 6.92 Å². The summed E-state index contributed by atoms with van der Waals surface area (Å²) in [5.41, 5.74) is 2.43. The first kappa shape index (κ1) is 22.9. The second-order valence-corrected chi connectivity index (χ2v) is 8.61. The van der Waals surface area contributed by atoms with Gasteiger partial charge in [-0.3, -0.25) is 14.9 Å². The number of hydrogen-bond donors (Lipinski definition) is 2. The number of carbonyl (C=O) groups is 3. The molecule has 0 bridgehead atoms. The number of hydrogen-bond acceptors (Lipinski definition) is 9. The third-order valence-electron chi connectivity index (χ3n) is 5.82. The molecule has 176 valence electrons. The number of methoxy groups -OCH3 is 1. The summed E-state index contributed by atoms with van der Waals surface area (Å²) < 4.78 is 8.63. The Kier molecular flexibility index (Phi) is 7.04. The standard InChI is InChI=1S/C21H27N7O4S/c1-14-18(33-25-24-14)20(30)28-11-9-26(10-12-28)17-4-3-15(13-16(17)23-21(31)32-2)19(29)27-7-5-22-6-8-27/h3-4,13,22H,5-12H2,1-2H3,(H,23,31). The molecule has 33 heavy (non-hydrogen) atoms. The Morgan fingerprint density at radius 3 is 2.36 bits per heavy atom. The molecule has 4 rings (SSSR count). The van der Waals surface area contributed by atoms with Gasteiger partial charge < -0.3 is 24.8 Å². The van der Waals surface area contributed by atoms with Crippen LogP contribution in [0.3, 0.4) is 0 Å². The summed E-state index contributed by atoms with van der Waals surface area (Å²) in [6.07, 6.45) is -0.606. The van der Waals surface area contributed by atoms with Gasteiger partial charge in [-0.2, -0.15) is 0 Å². The lowest BCUT2D eigenvalue weighted by atomic mass is 10.1. The third-order valence-corrected chi connectivity index (χ3v) is 6.64. The van der Waals surface area contributed by atoms with Crippen LogP contribution in [0.25, 0.3) is 0 Å². The molecule has 3 amide bonds. The maximum Gasteiger partial charge on any atom is 0.411 e. The van der Waals surface area contributed by atoms with Crippen molar-refractivity contribution in [1.29, 1.82) is 0 Å². The number of aryl methyl sites for hydroxylation is 1. The smallest absolute Gasteiger partial charge is 0.411 e. The first-order valence-corrected chi connectivity index (χ1v) is 11.6. The molecule has 2 N–H and O–H groups in total. The highest BCUT2D eigenvalue weighted by Gasteiger charge is 2.27. The van der Waals surface area contributed by atoms with E-state index in [2.05, 4.69) is 25.1 Å². The predicted molar refractivity (Wildman–Crippen MR) is 124 cm³/mol. The molecule has 0 aliphatic carbocycles. The molecule has 2 aliphatic heterocycles. The zero-order chi connectivity index (χ0) is 23.4. The van der Waals surface area contributed by atoms with Crippen LogP contribution in [0.1, 0.15) is 25.7 Å². The van der Waals surface area contributed by atoms with E-state index in [1.807, 2.05) is 6.07 Å². The quantitative estimate of drug-likeness (QED) is 0.676. The molecule has 1 aromatic heterocycles. The fraction of sp³-hybridized carbons (Fsp3) is 0.476. The van der Waals surface area contributed by atoms with E-state index >= 15 is 0 Å². The number of nitrogens with one attached hydrogen (secondary N) is 2. The van der Waals surface area contributed by atoms with Crippen LogP contribution in [0.2, 0.25) is 0 Å². The van der Waals surface area contributed by atoms with Crippen LogP contribution in [0.4, 0.5) is 16.2 Å². The van der Waals surface area contributed by atoms with Crippen LogP contribution in [0.5, 0.6) is 0 Å². The predicted octanol–water partition coefficient (Wildman–Crippen LogP) is 1.03.